The van der Waals surface area contributed by atoms with Gasteiger partial charge in [0.25, 0.3) is 0 Å². The Bertz CT molecular complexity index is 403. The number of nitrogens with one attached hydrogen (secondary N) is 1. The van der Waals surface area contributed by atoms with Crippen molar-refractivity contribution >= 4 is 0 Å². The molecule has 1 N–H and O–H groups in total. The molecule has 0 spiro atoms. The maximum atomic E-state index is 9.28. The summed E-state index contributed by atoms with van der Waals surface area (Å²) < 4.78 is 2.01. The Labute approximate surface area is 96.3 Å². The fraction of sp³-hybridized carbons (Fsp3) is 0.667. The highest BCUT2D eigenvalue weighted by atomic mass is 15.3. The highest BCUT2D eigenvalue weighted by Gasteiger charge is 2.39. The third kappa shape index (κ3) is 1.96. The summed E-state index contributed by atoms with van der Waals surface area (Å²) in [7, 11) is 0. The van der Waals surface area contributed by atoms with Crippen LogP contribution in [-0.4, -0.2) is 21.9 Å². The van der Waals surface area contributed by atoms with Crippen LogP contribution in [0.25, 0.3) is 0 Å². The smallest absolute Gasteiger partial charge is 0.108 e. The summed E-state index contributed by atoms with van der Waals surface area (Å²) in [5.41, 5.74) is 0.845. The van der Waals surface area contributed by atoms with Gasteiger partial charge >= 0.3 is 0 Å². The zero-order valence-corrected chi connectivity index (χ0v) is 9.90. The van der Waals surface area contributed by atoms with E-state index in [2.05, 4.69) is 22.7 Å². The average molecular weight is 218 g/mol. The van der Waals surface area contributed by atoms with E-state index in [9.17, 15) is 5.26 Å². The number of nitriles is 1. The Balaban J connectivity index is 2.10. The maximum absolute atomic E-state index is 9.28. The van der Waals surface area contributed by atoms with E-state index in [4.69, 9.17) is 0 Å². The Hall–Kier alpha value is -1.34. The van der Waals surface area contributed by atoms with Crippen LogP contribution in [-0.2, 0) is 0 Å². The molecule has 1 fully saturated rings. The predicted molar refractivity (Wildman–Crippen MR) is 61.9 cm³/mol. The lowest BCUT2D eigenvalue weighted by Gasteiger charge is -2.21. The second-order valence-corrected chi connectivity index (χ2v) is 4.62. The van der Waals surface area contributed by atoms with Gasteiger partial charge in [-0.05, 0) is 31.9 Å². The highest BCUT2D eigenvalue weighted by molar-refractivity contribution is 5.13. The maximum Gasteiger partial charge on any atom is 0.108 e. The normalized spacial score (nSPS) is 29.2. The van der Waals surface area contributed by atoms with E-state index in [1.807, 2.05) is 24.7 Å². The first kappa shape index (κ1) is 11.2. The lowest BCUT2D eigenvalue weighted by Crippen LogP contribution is -2.41. The van der Waals surface area contributed by atoms with Gasteiger partial charge in [0.05, 0.1) is 18.3 Å². The molecule has 1 heterocycles. The molecule has 0 aliphatic heterocycles. The molecular formula is C12H18N4. The van der Waals surface area contributed by atoms with Gasteiger partial charge in [0.2, 0.25) is 0 Å². The zero-order chi connectivity index (χ0) is 11.6. The number of hydrogen-bond donors (Lipinski definition) is 1. The Morgan fingerprint density at radius 1 is 1.75 bits per heavy atom. The van der Waals surface area contributed by atoms with Crippen LogP contribution in [0.4, 0.5) is 0 Å². The van der Waals surface area contributed by atoms with Crippen LogP contribution in [0.15, 0.2) is 12.4 Å². The van der Waals surface area contributed by atoms with Crippen molar-refractivity contribution in [1.29, 1.82) is 5.26 Å². The van der Waals surface area contributed by atoms with Crippen molar-refractivity contribution in [3.8, 4) is 6.07 Å². The summed E-state index contributed by atoms with van der Waals surface area (Å²) in [5, 5.41) is 16.9. The van der Waals surface area contributed by atoms with Crippen molar-refractivity contribution in [3.05, 3.63) is 18.0 Å². The van der Waals surface area contributed by atoms with Crippen LogP contribution >= 0.6 is 0 Å². The molecule has 2 unspecified atom stereocenters. The minimum atomic E-state index is -0.334. The molecule has 16 heavy (non-hydrogen) atoms. The fourth-order valence-electron chi connectivity index (χ4n) is 2.52. The number of rotatable bonds is 3. The first-order valence-corrected chi connectivity index (χ1v) is 5.86. The summed E-state index contributed by atoms with van der Waals surface area (Å²) in [6.07, 6.45) is 6.74. The molecule has 2 rings (SSSR count). The molecule has 4 heteroatoms. The molecule has 1 aliphatic rings. The van der Waals surface area contributed by atoms with Crippen molar-refractivity contribution in [2.45, 2.75) is 44.7 Å². The second-order valence-electron chi connectivity index (χ2n) is 4.62. The van der Waals surface area contributed by atoms with E-state index in [0.29, 0.717) is 6.04 Å². The summed E-state index contributed by atoms with van der Waals surface area (Å²) in [6.45, 7) is 4.93. The SMILES string of the molecule is CCNC1(C#N)CCC(n2cc(C)cn2)C1. The average Bonchev–Trinajstić information content (AvgIpc) is 2.86. The first-order chi connectivity index (χ1) is 7.69. The predicted octanol–water partition coefficient (Wildman–Crippen LogP) is 1.79. The summed E-state index contributed by atoms with van der Waals surface area (Å²) >= 11 is 0. The summed E-state index contributed by atoms with van der Waals surface area (Å²) in [5.74, 6) is 0. The van der Waals surface area contributed by atoms with Gasteiger partial charge in [-0.25, -0.2) is 0 Å². The van der Waals surface area contributed by atoms with Crippen LogP contribution in [0.5, 0.6) is 0 Å². The van der Waals surface area contributed by atoms with Gasteiger partial charge in [-0.15, -0.1) is 0 Å². The standard InChI is InChI=1S/C12H18N4/c1-3-14-12(9-13)5-4-11(6-12)16-8-10(2)7-15-16/h7-8,11,14H,3-6H2,1-2H3. The molecule has 0 bridgehead atoms. The molecule has 1 saturated carbocycles. The molecule has 2 atom stereocenters. The Morgan fingerprint density at radius 2 is 2.56 bits per heavy atom. The lowest BCUT2D eigenvalue weighted by atomic mass is 9.99. The van der Waals surface area contributed by atoms with Crippen LogP contribution < -0.4 is 5.32 Å². The molecule has 1 aromatic heterocycles. The van der Waals surface area contributed by atoms with Crippen molar-refractivity contribution in [2.24, 2.45) is 0 Å². The fourth-order valence-corrected chi connectivity index (χ4v) is 2.52. The van der Waals surface area contributed by atoms with E-state index in [1.54, 1.807) is 0 Å². The lowest BCUT2D eigenvalue weighted by molar-refractivity contribution is 0.395. The Morgan fingerprint density at radius 3 is 3.12 bits per heavy atom. The zero-order valence-electron chi connectivity index (χ0n) is 9.90. The molecule has 86 valence electrons. The van der Waals surface area contributed by atoms with Gasteiger partial charge in [0.1, 0.15) is 5.54 Å². The van der Waals surface area contributed by atoms with Crippen molar-refractivity contribution in [3.63, 3.8) is 0 Å². The van der Waals surface area contributed by atoms with Gasteiger partial charge in [0.15, 0.2) is 0 Å². The molecule has 1 aliphatic carbocycles. The molecule has 0 saturated heterocycles. The van der Waals surface area contributed by atoms with E-state index in [1.165, 1.54) is 5.56 Å². The largest absolute Gasteiger partial charge is 0.300 e. The number of aromatic nitrogens is 2. The monoisotopic (exact) mass is 218 g/mol. The second kappa shape index (κ2) is 4.26. The third-order valence-electron chi connectivity index (χ3n) is 3.32. The van der Waals surface area contributed by atoms with Crippen LogP contribution in [0, 0.1) is 18.3 Å². The van der Waals surface area contributed by atoms with E-state index >= 15 is 0 Å². The molecule has 0 amide bonds. The van der Waals surface area contributed by atoms with Gasteiger partial charge in [-0.2, -0.15) is 10.4 Å². The van der Waals surface area contributed by atoms with E-state index in [-0.39, 0.29) is 5.54 Å². The number of hydrogen-bond acceptors (Lipinski definition) is 3. The van der Waals surface area contributed by atoms with Gasteiger partial charge in [0, 0.05) is 12.6 Å². The molecule has 4 nitrogen and oxygen atoms in total. The quantitative estimate of drug-likeness (QED) is 0.841. The van der Waals surface area contributed by atoms with Gasteiger partial charge in [-0.1, -0.05) is 6.92 Å². The van der Waals surface area contributed by atoms with Crippen molar-refractivity contribution < 1.29 is 0 Å². The first-order valence-electron chi connectivity index (χ1n) is 5.86. The Kier molecular flexibility index (Phi) is 2.97. The van der Waals surface area contributed by atoms with Gasteiger partial charge < -0.3 is 0 Å². The number of nitrogens with zero attached hydrogens (tertiary/aromatic N) is 3. The highest BCUT2D eigenvalue weighted by Crippen LogP contribution is 2.37. The van der Waals surface area contributed by atoms with E-state index < -0.39 is 0 Å². The van der Waals surface area contributed by atoms with Crippen LogP contribution in [0.2, 0.25) is 0 Å². The van der Waals surface area contributed by atoms with E-state index in [0.717, 1.165) is 25.8 Å². The minimum Gasteiger partial charge on any atom is -0.300 e. The molecule has 0 radical (unpaired) electrons. The van der Waals surface area contributed by atoms with Crippen molar-refractivity contribution in [2.75, 3.05) is 6.54 Å². The number of aryl methyl sites for hydroxylation is 1. The topological polar surface area (TPSA) is 53.6 Å². The molecule has 0 aromatic carbocycles. The minimum absolute atomic E-state index is 0.334. The van der Waals surface area contributed by atoms with Crippen molar-refractivity contribution in [1.82, 2.24) is 15.1 Å². The summed E-state index contributed by atoms with van der Waals surface area (Å²) in [6, 6.07) is 2.80. The van der Waals surface area contributed by atoms with Gasteiger partial charge in [-0.3, -0.25) is 10.00 Å². The van der Waals surface area contributed by atoms with Crippen LogP contribution in [0.3, 0.4) is 0 Å². The molecule has 1 aromatic rings. The molecular weight excluding hydrogens is 200 g/mol. The summed E-state index contributed by atoms with van der Waals surface area (Å²) in [4.78, 5) is 0. The van der Waals surface area contributed by atoms with Crippen LogP contribution in [0.1, 0.15) is 37.8 Å². The third-order valence-corrected chi connectivity index (χ3v) is 3.32.